The van der Waals surface area contributed by atoms with Crippen LogP contribution in [0.5, 0.6) is 0 Å². The number of nitrogens with one attached hydrogen (secondary N) is 2. The molecule has 6 heteroatoms. The zero-order chi connectivity index (χ0) is 9.68. The molecule has 0 aliphatic heterocycles. The molecule has 0 bridgehead atoms. The number of aryl methyl sites for hydroxylation is 1. The predicted molar refractivity (Wildman–Crippen MR) is 48.7 cm³/mol. The van der Waals surface area contributed by atoms with Crippen LogP contribution < -0.4 is 0 Å². The van der Waals surface area contributed by atoms with Crippen molar-refractivity contribution < 1.29 is 9.53 Å². The van der Waals surface area contributed by atoms with Gasteiger partial charge in [0.1, 0.15) is 5.82 Å². The Bertz CT molecular complexity index is 330. The van der Waals surface area contributed by atoms with E-state index in [4.69, 9.17) is 17.0 Å². The Morgan fingerprint density at radius 1 is 1.62 bits per heavy atom. The number of H-pyrrole nitrogens is 2. The molecule has 5 nitrogen and oxygen atoms in total. The molecule has 0 amide bonds. The highest BCUT2D eigenvalue weighted by Crippen LogP contribution is 1.96. The van der Waals surface area contributed by atoms with Gasteiger partial charge in [0.25, 0.3) is 0 Å². The Hall–Kier alpha value is -1.17. The van der Waals surface area contributed by atoms with E-state index in [9.17, 15) is 4.79 Å². The first-order valence-corrected chi connectivity index (χ1v) is 4.42. The molecular weight excluding hydrogens is 190 g/mol. The molecule has 0 spiro atoms. The molecule has 0 unspecified atom stereocenters. The summed E-state index contributed by atoms with van der Waals surface area (Å²) >= 11 is 4.75. The van der Waals surface area contributed by atoms with Crippen molar-refractivity contribution in [2.45, 2.75) is 19.8 Å². The minimum absolute atomic E-state index is 0.218. The molecule has 0 aromatic carbocycles. The van der Waals surface area contributed by atoms with E-state index >= 15 is 0 Å². The zero-order valence-corrected chi connectivity index (χ0v) is 8.11. The van der Waals surface area contributed by atoms with Crippen molar-refractivity contribution in [3.8, 4) is 0 Å². The van der Waals surface area contributed by atoms with Crippen LogP contribution in [0.15, 0.2) is 0 Å². The van der Waals surface area contributed by atoms with E-state index in [0.29, 0.717) is 30.0 Å². The van der Waals surface area contributed by atoms with Gasteiger partial charge in [0.05, 0.1) is 13.0 Å². The summed E-state index contributed by atoms with van der Waals surface area (Å²) in [6, 6.07) is 0. The second kappa shape index (κ2) is 4.76. The fourth-order valence-corrected chi connectivity index (χ4v) is 1.04. The lowest BCUT2D eigenvalue weighted by atomic mass is 10.3. The molecule has 0 atom stereocenters. The van der Waals surface area contributed by atoms with Crippen LogP contribution >= 0.6 is 12.2 Å². The van der Waals surface area contributed by atoms with Gasteiger partial charge >= 0.3 is 5.97 Å². The van der Waals surface area contributed by atoms with E-state index < -0.39 is 0 Å². The van der Waals surface area contributed by atoms with Crippen LogP contribution in [0.3, 0.4) is 0 Å². The third kappa shape index (κ3) is 3.37. The number of aromatic nitrogens is 3. The number of carbonyl (C=O) groups is 1. The van der Waals surface area contributed by atoms with Crippen molar-refractivity contribution in [1.82, 2.24) is 15.2 Å². The Kier molecular flexibility index (Phi) is 3.63. The topological polar surface area (TPSA) is 70.8 Å². The Labute approximate surface area is 80.5 Å². The molecule has 0 fully saturated rings. The molecule has 0 aliphatic carbocycles. The quantitative estimate of drug-likeness (QED) is 0.562. The number of aromatic amines is 2. The maximum Gasteiger partial charge on any atom is 0.306 e. The summed E-state index contributed by atoms with van der Waals surface area (Å²) in [5.41, 5.74) is 0. The summed E-state index contributed by atoms with van der Waals surface area (Å²) in [5, 5.41) is 5.41. The fourth-order valence-electron chi connectivity index (χ4n) is 0.876. The van der Waals surface area contributed by atoms with Gasteiger partial charge in [-0.2, -0.15) is 0 Å². The second-order valence-electron chi connectivity index (χ2n) is 2.42. The SMILES string of the molecule is CCOC(=O)CCc1nc(=S)[nH][nH]1. The molecule has 2 N–H and O–H groups in total. The molecule has 0 saturated heterocycles. The average molecular weight is 201 g/mol. The molecular formula is C7H11N3O2S. The van der Waals surface area contributed by atoms with E-state index in [1.807, 2.05) is 0 Å². The number of nitrogens with zero attached hydrogens (tertiary/aromatic N) is 1. The lowest BCUT2D eigenvalue weighted by Crippen LogP contribution is -2.05. The largest absolute Gasteiger partial charge is 0.466 e. The molecule has 0 aliphatic rings. The zero-order valence-electron chi connectivity index (χ0n) is 7.29. The van der Waals surface area contributed by atoms with Crippen LogP contribution in [0.1, 0.15) is 19.2 Å². The van der Waals surface area contributed by atoms with Crippen molar-refractivity contribution in [2.75, 3.05) is 6.61 Å². The first-order chi connectivity index (χ1) is 6.22. The molecule has 1 aromatic heterocycles. The number of esters is 1. The monoisotopic (exact) mass is 201 g/mol. The number of hydrogen-bond donors (Lipinski definition) is 2. The molecule has 1 aromatic rings. The first-order valence-electron chi connectivity index (χ1n) is 4.01. The van der Waals surface area contributed by atoms with Crippen molar-refractivity contribution in [2.24, 2.45) is 0 Å². The number of carbonyl (C=O) groups excluding carboxylic acids is 1. The van der Waals surface area contributed by atoms with Crippen LogP contribution in [-0.2, 0) is 16.0 Å². The summed E-state index contributed by atoms with van der Waals surface area (Å²) in [6.07, 6.45) is 0.843. The maximum atomic E-state index is 10.9. The van der Waals surface area contributed by atoms with E-state index in [0.717, 1.165) is 0 Å². The van der Waals surface area contributed by atoms with E-state index in [1.165, 1.54) is 0 Å². The molecule has 0 saturated carbocycles. The second-order valence-corrected chi connectivity index (χ2v) is 2.81. The van der Waals surface area contributed by atoms with Crippen LogP contribution in [0.25, 0.3) is 0 Å². The van der Waals surface area contributed by atoms with Crippen molar-refractivity contribution in [3.63, 3.8) is 0 Å². The van der Waals surface area contributed by atoms with Gasteiger partial charge in [0, 0.05) is 6.42 Å². The van der Waals surface area contributed by atoms with Crippen LogP contribution in [0, 0.1) is 4.77 Å². The highest BCUT2D eigenvalue weighted by molar-refractivity contribution is 7.71. The van der Waals surface area contributed by atoms with Crippen molar-refractivity contribution in [1.29, 1.82) is 0 Å². The lowest BCUT2D eigenvalue weighted by molar-refractivity contribution is -0.143. The van der Waals surface area contributed by atoms with Crippen molar-refractivity contribution in [3.05, 3.63) is 10.6 Å². The van der Waals surface area contributed by atoms with Gasteiger partial charge in [0.15, 0.2) is 0 Å². The van der Waals surface area contributed by atoms with E-state index in [2.05, 4.69) is 15.2 Å². The average Bonchev–Trinajstić information content (AvgIpc) is 2.49. The molecule has 0 radical (unpaired) electrons. The van der Waals surface area contributed by atoms with Crippen LogP contribution in [0.2, 0.25) is 0 Å². The summed E-state index contributed by atoms with van der Waals surface area (Å²) in [5.74, 6) is 0.461. The van der Waals surface area contributed by atoms with E-state index in [1.54, 1.807) is 6.92 Å². The molecule has 1 rings (SSSR count). The summed E-state index contributed by atoms with van der Waals surface area (Å²) < 4.78 is 5.16. The number of ether oxygens (including phenoxy) is 1. The van der Waals surface area contributed by atoms with Crippen LogP contribution in [-0.4, -0.2) is 27.8 Å². The molecule has 72 valence electrons. The molecule has 13 heavy (non-hydrogen) atoms. The van der Waals surface area contributed by atoms with Crippen molar-refractivity contribution >= 4 is 18.2 Å². The number of hydrogen-bond acceptors (Lipinski definition) is 4. The summed E-state index contributed by atoms with van der Waals surface area (Å²) in [4.78, 5) is 14.9. The van der Waals surface area contributed by atoms with Gasteiger partial charge in [-0.25, -0.2) is 4.98 Å². The fraction of sp³-hybridized carbons (Fsp3) is 0.571. The number of rotatable bonds is 4. The smallest absolute Gasteiger partial charge is 0.306 e. The van der Waals surface area contributed by atoms with Gasteiger partial charge in [0.2, 0.25) is 4.77 Å². The third-order valence-electron chi connectivity index (χ3n) is 1.42. The van der Waals surface area contributed by atoms with Gasteiger partial charge < -0.3 is 4.74 Å². The maximum absolute atomic E-state index is 10.9. The van der Waals surface area contributed by atoms with Gasteiger partial charge in [-0.05, 0) is 19.1 Å². The Balaban J connectivity index is 2.35. The normalized spacial score (nSPS) is 9.92. The molecule has 1 heterocycles. The Morgan fingerprint density at radius 3 is 2.92 bits per heavy atom. The van der Waals surface area contributed by atoms with E-state index in [-0.39, 0.29) is 5.97 Å². The third-order valence-corrected chi connectivity index (χ3v) is 1.61. The Morgan fingerprint density at radius 2 is 2.38 bits per heavy atom. The van der Waals surface area contributed by atoms with Gasteiger partial charge in [-0.1, -0.05) is 0 Å². The first kappa shape index (κ1) is 9.91. The highest BCUT2D eigenvalue weighted by Gasteiger charge is 2.03. The predicted octanol–water partition coefficient (Wildman–Crippen LogP) is 0.963. The van der Waals surface area contributed by atoms with Crippen LogP contribution in [0.4, 0.5) is 0 Å². The minimum Gasteiger partial charge on any atom is -0.466 e. The van der Waals surface area contributed by atoms with Gasteiger partial charge in [-0.3, -0.25) is 15.0 Å². The summed E-state index contributed by atoms with van der Waals surface area (Å²) in [7, 11) is 0. The standard InChI is InChI=1S/C7H11N3O2S/c1-2-12-6(11)4-3-5-8-7(13)10-9-5/h2-4H2,1H3,(H2,8,9,10,13). The lowest BCUT2D eigenvalue weighted by Gasteiger charge is -1.98. The summed E-state index contributed by atoms with van der Waals surface area (Å²) in [6.45, 7) is 2.19. The minimum atomic E-state index is -0.218. The highest BCUT2D eigenvalue weighted by atomic mass is 32.1. The van der Waals surface area contributed by atoms with Gasteiger partial charge in [-0.15, -0.1) is 0 Å².